The molecule has 5 nitrogen and oxygen atoms in total. The van der Waals surface area contributed by atoms with Crippen LogP contribution in [-0.4, -0.2) is 37.4 Å². The molecule has 20 heavy (non-hydrogen) atoms. The van der Waals surface area contributed by atoms with Crippen LogP contribution in [0.2, 0.25) is 0 Å². The number of ether oxygens (including phenoxy) is 2. The maximum atomic E-state index is 12.3. The number of carbonyl (C=O) groups excluding carboxylic acids is 1. The van der Waals surface area contributed by atoms with Crippen molar-refractivity contribution < 1.29 is 18.7 Å². The highest BCUT2D eigenvalue weighted by Gasteiger charge is 2.35. The Balaban J connectivity index is 1.60. The molecule has 1 saturated heterocycles. The van der Waals surface area contributed by atoms with Crippen LogP contribution in [0.25, 0.3) is 0 Å². The second-order valence-corrected chi connectivity index (χ2v) is 5.63. The van der Waals surface area contributed by atoms with Crippen LogP contribution < -0.4 is 5.32 Å². The summed E-state index contributed by atoms with van der Waals surface area (Å²) in [5, 5.41) is 3.09. The second-order valence-electron chi connectivity index (χ2n) is 5.63. The topological polar surface area (TPSA) is 60.7 Å². The average molecular weight is 279 g/mol. The van der Waals surface area contributed by atoms with Crippen molar-refractivity contribution in [2.24, 2.45) is 0 Å². The third-order valence-corrected chi connectivity index (χ3v) is 4.10. The van der Waals surface area contributed by atoms with Crippen LogP contribution in [0.15, 0.2) is 10.5 Å². The van der Waals surface area contributed by atoms with E-state index >= 15 is 0 Å². The molecule has 2 aliphatic rings. The minimum absolute atomic E-state index is 0.0560. The number of nitrogens with one attached hydrogen (secondary N) is 1. The lowest BCUT2D eigenvalue weighted by atomic mass is 9.89. The molecular formula is C15H21NO4. The molecule has 0 radical (unpaired) electrons. The minimum Gasteiger partial charge on any atom is -0.466 e. The Kier molecular flexibility index (Phi) is 3.81. The van der Waals surface area contributed by atoms with E-state index in [-0.39, 0.29) is 24.2 Å². The standard InChI is InChI=1S/C15H21NO4/c1-9-7-12(10(2)20-9)15(17)16-11-3-4-13-14(8-11)19-6-5-18-13/h7,11,13-14H,3-6,8H2,1-2H3,(H,16,17). The van der Waals surface area contributed by atoms with Crippen LogP contribution in [0.4, 0.5) is 0 Å². The van der Waals surface area contributed by atoms with Crippen molar-refractivity contribution in [3.05, 3.63) is 23.2 Å². The van der Waals surface area contributed by atoms with Gasteiger partial charge in [-0.15, -0.1) is 0 Å². The van der Waals surface area contributed by atoms with E-state index in [0.29, 0.717) is 24.5 Å². The van der Waals surface area contributed by atoms with E-state index in [2.05, 4.69) is 5.32 Å². The van der Waals surface area contributed by atoms with Crippen molar-refractivity contribution in [1.29, 1.82) is 0 Å². The molecule has 1 amide bonds. The fourth-order valence-electron chi connectivity index (χ4n) is 3.12. The van der Waals surface area contributed by atoms with Gasteiger partial charge in [-0.25, -0.2) is 0 Å². The van der Waals surface area contributed by atoms with E-state index < -0.39 is 0 Å². The first-order valence-corrected chi connectivity index (χ1v) is 7.24. The number of aryl methyl sites for hydroxylation is 2. The van der Waals surface area contributed by atoms with E-state index in [1.165, 1.54) is 0 Å². The number of hydrogen-bond acceptors (Lipinski definition) is 4. The van der Waals surface area contributed by atoms with Crippen LogP contribution in [0.5, 0.6) is 0 Å². The highest BCUT2D eigenvalue weighted by molar-refractivity contribution is 5.95. The summed E-state index contributed by atoms with van der Waals surface area (Å²) in [7, 11) is 0. The first-order chi connectivity index (χ1) is 9.63. The molecule has 1 aromatic rings. The maximum Gasteiger partial charge on any atom is 0.255 e. The Morgan fingerprint density at radius 2 is 1.95 bits per heavy atom. The normalized spacial score (nSPS) is 29.8. The molecule has 2 fully saturated rings. The molecule has 1 saturated carbocycles. The van der Waals surface area contributed by atoms with Gasteiger partial charge < -0.3 is 19.2 Å². The molecule has 2 heterocycles. The molecule has 110 valence electrons. The second kappa shape index (κ2) is 5.58. The molecule has 0 spiro atoms. The van der Waals surface area contributed by atoms with Crippen molar-refractivity contribution in [3.63, 3.8) is 0 Å². The average Bonchev–Trinajstić information content (AvgIpc) is 2.78. The van der Waals surface area contributed by atoms with Crippen LogP contribution in [0, 0.1) is 13.8 Å². The number of amides is 1. The van der Waals surface area contributed by atoms with Gasteiger partial charge in [0.25, 0.3) is 5.91 Å². The molecule has 0 aromatic carbocycles. The molecule has 3 rings (SSSR count). The number of rotatable bonds is 2. The van der Waals surface area contributed by atoms with Crippen LogP contribution in [0.3, 0.4) is 0 Å². The van der Waals surface area contributed by atoms with Gasteiger partial charge in [-0.1, -0.05) is 0 Å². The third kappa shape index (κ3) is 2.74. The quantitative estimate of drug-likeness (QED) is 0.899. The molecule has 3 atom stereocenters. The van der Waals surface area contributed by atoms with Crippen molar-refractivity contribution in [2.45, 2.75) is 51.4 Å². The van der Waals surface area contributed by atoms with Gasteiger partial charge in [0, 0.05) is 6.04 Å². The molecule has 1 aromatic heterocycles. The third-order valence-electron chi connectivity index (χ3n) is 4.10. The zero-order valence-electron chi connectivity index (χ0n) is 12.0. The minimum atomic E-state index is -0.0560. The Labute approximate surface area is 118 Å². The van der Waals surface area contributed by atoms with Gasteiger partial charge in [0.1, 0.15) is 11.5 Å². The number of carbonyl (C=O) groups is 1. The van der Waals surface area contributed by atoms with Gasteiger partial charge in [-0.2, -0.15) is 0 Å². The van der Waals surface area contributed by atoms with Gasteiger partial charge in [0.05, 0.1) is 31.0 Å². The lowest BCUT2D eigenvalue weighted by Crippen LogP contribution is -2.49. The fourth-order valence-corrected chi connectivity index (χ4v) is 3.12. The van der Waals surface area contributed by atoms with Crippen LogP contribution in [0.1, 0.15) is 41.1 Å². The molecule has 1 aliphatic heterocycles. The SMILES string of the molecule is Cc1cc(C(=O)NC2CCC3OCCOC3C2)c(C)o1. The van der Waals surface area contributed by atoms with E-state index in [1.807, 2.05) is 13.8 Å². The van der Waals surface area contributed by atoms with Crippen molar-refractivity contribution in [2.75, 3.05) is 13.2 Å². The van der Waals surface area contributed by atoms with E-state index in [4.69, 9.17) is 13.9 Å². The Morgan fingerprint density at radius 3 is 2.65 bits per heavy atom. The van der Waals surface area contributed by atoms with Gasteiger partial charge in [0.2, 0.25) is 0 Å². The summed E-state index contributed by atoms with van der Waals surface area (Å²) in [4.78, 5) is 12.3. The van der Waals surface area contributed by atoms with Crippen LogP contribution >= 0.6 is 0 Å². The summed E-state index contributed by atoms with van der Waals surface area (Å²) < 4.78 is 16.8. The Bertz CT molecular complexity index is 496. The maximum absolute atomic E-state index is 12.3. The van der Waals surface area contributed by atoms with Crippen LogP contribution in [-0.2, 0) is 9.47 Å². The van der Waals surface area contributed by atoms with Gasteiger partial charge in [0.15, 0.2) is 0 Å². The predicted octanol–water partition coefficient (Wildman–Crippen LogP) is 1.96. The van der Waals surface area contributed by atoms with E-state index in [1.54, 1.807) is 6.07 Å². The molecule has 1 N–H and O–H groups in total. The van der Waals surface area contributed by atoms with E-state index in [9.17, 15) is 4.79 Å². The molecule has 5 heteroatoms. The summed E-state index contributed by atoms with van der Waals surface area (Å²) in [6, 6.07) is 1.94. The smallest absolute Gasteiger partial charge is 0.255 e. The largest absolute Gasteiger partial charge is 0.466 e. The summed E-state index contributed by atoms with van der Waals surface area (Å²) >= 11 is 0. The fraction of sp³-hybridized carbons (Fsp3) is 0.667. The highest BCUT2D eigenvalue weighted by Crippen LogP contribution is 2.27. The first kappa shape index (κ1) is 13.6. The molecule has 0 bridgehead atoms. The summed E-state index contributed by atoms with van der Waals surface area (Å²) in [5.41, 5.74) is 0.630. The zero-order chi connectivity index (χ0) is 14.1. The number of hydrogen-bond donors (Lipinski definition) is 1. The van der Waals surface area contributed by atoms with Gasteiger partial charge in [-0.3, -0.25) is 4.79 Å². The van der Waals surface area contributed by atoms with E-state index in [0.717, 1.165) is 25.0 Å². The molecule has 1 aliphatic carbocycles. The Morgan fingerprint density at radius 1 is 1.20 bits per heavy atom. The number of fused-ring (bicyclic) bond motifs is 1. The monoisotopic (exact) mass is 279 g/mol. The summed E-state index contributed by atoms with van der Waals surface area (Å²) in [6.07, 6.45) is 3.03. The molecular weight excluding hydrogens is 258 g/mol. The van der Waals surface area contributed by atoms with Gasteiger partial charge >= 0.3 is 0 Å². The van der Waals surface area contributed by atoms with Crippen molar-refractivity contribution >= 4 is 5.91 Å². The first-order valence-electron chi connectivity index (χ1n) is 7.24. The summed E-state index contributed by atoms with van der Waals surface area (Å²) in [6.45, 7) is 5.01. The van der Waals surface area contributed by atoms with Gasteiger partial charge in [-0.05, 0) is 39.2 Å². The highest BCUT2D eigenvalue weighted by atomic mass is 16.6. The Hall–Kier alpha value is -1.33. The molecule has 3 unspecified atom stereocenters. The predicted molar refractivity (Wildman–Crippen MR) is 72.8 cm³/mol. The summed E-state index contributed by atoms with van der Waals surface area (Å²) in [5.74, 6) is 1.38. The number of furan rings is 1. The zero-order valence-corrected chi connectivity index (χ0v) is 12.0. The van der Waals surface area contributed by atoms with Crippen molar-refractivity contribution in [3.8, 4) is 0 Å². The van der Waals surface area contributed by atoms with Crippen molar-refractivity contribution in [1.82, 2.24) is 5.32 Å². The lowest BCUT2D eigenvalue weighted by Gasteiger charge is -2.39. The lowest BCUT2D eigenvalue weighted by molar-refractivity contribution is -0.157.